The fraction of sp³-hybridized carbons (Fsp3) is 0. The van der Waals surface area contributed by atoms with Crippen molar-refractivity contribution in [1.29, 1.82) is 0 Å². The molecule has 0 saturated carbocycles. The van der Waals surface area contributed by atoms with Crippen molar-refractivity contribution < 1.29 is 9.90 Å². The Morgan fingerprint density at radius 2 is 1.76 bits per heavy atom. The van der Waals surface area contributed by atoms with Crippen molar-refractivity contribution in [3.8, 4) is 0 Å². The molecule has 0 radical (unpaired) electrons. The first kappa shape index (κ1) is 17.0. The standard InChI is InChI=1S/C17H12Cl2N4O2/c18-11-3-6-14(13(19)9-11)22-17-20-8-7-15(23-17)21-12-4-1-10(2-5-12)16(24)25/h1-9H,(H,24,25)(H2,20,21,22,23). The molecule has 25 heavy (non-hydrogen) atoms. The smallest absolute Gasteiger partial charge is 0.335 e. The SMILES string of the molecule is O=C(O)c1ccc(Nc2ccnc(Nc3ccc(Cl)cc3Cl)n2)cc1. The van der Waals surface area contributed by atoms with E-state index in [4.69, 9.17) is 28.3 Å². The van der Waals surface area contributed by atoms with Crippen LogP contribution >= 0.6 is 23.2 Å². The summed E-state index contributed by atoms with van der Waals surface area (Å²) >= 11 is 12.0. The first-order valence-corrected chi connectivity index (χ1v) is 7.92. The number of hydrogen-bond acceptors (Lipinski definition) is 5. The molecule has 0 atom stereocenters. The van der Waals surface area contributed by atoms with Gasteiger partial charge in [0.15, 0.2) is 0 Å². The van der Waals surface area contributed by atoms with Gasteiger partial charge in [-0.25, -0.2) is 9.78 Å². The average Bonchev–Trinajstić information content (AvgIpc) is 2.58. The molecule has 0 amide bonds. The topological polar surface area (TPSA) is 87.1 Å². The maximum Gasteiger partial charge on any atom is 0.335 e. The molecule has 3 rings (SSSR count). The van der Waals surface area contributed by atoms with Crippen LogP contribution in [0.1, 0.15) is 10.4 Å². The molecule has 0 unspecified atom stereocenters. The van der Waals surface area contributed by atoms with Gasteiger partial charge in [0.2, 0.25) is 5.95 Å². The Labute approximate surface area is 153 Å². The Hall–Kier alpha value is -2.83. The van der Waals surface area contributed by atoms with Crippen LogP contribution in [-0.2, 0) is 0 Å². The molecule has 0 saturated heterocycles. The molecule has 1 aromatic heterocycles. The quantitative estimate of drug-likeness (QED) is 0.584. The predicted octanol–water partition coefficient (Wildman–Crippen LogP) is 4.97. The Morgan fingerprint density at radius 1 is 1.00 bits per heavy atom. The molecule has 0 fully saturated rings. The molecule has 2 aromatic carbocycles. The largest absolute Gasteiger partial charge is 0.478 e. The van der Waals surface area contributed by atoms with Gasteiger partial charge in [-0.05, 0) is 48.5 Å². The van der Waals surface area contributed by atoms with Crippen LogP contribution in [0.25, 0.3) is 0 Å². The minimum Gasteiger partial charge on any atom is -0.478 e. The van der Waals surface area contributed by atoms with Crippen LogP contribution in [0.3, 0.4) is 0 Å². The number of rotatable bonds is 5. The third-order valence-corrected chi connectivity index (χ3v) is 3.79. The number of nitrogens with zero attached hydrogens (tertiary/aromatic N) is 2. The van der Waals surface area contributed by atoms with Gasteiger partial charge in [-0.2, -0.15) is 4.98 Å². The van der Waals surface area contributed by atoms with Crippen LogP contribution in [0.5, 0.6) is 0 Å². The minimum atomic E-state index is -0.972. The van der Waals surface area contributed by atoms with Gasteiger partial charge in [-0.3, -0.25) is 0 Å². The number of aromatic nitrogens is 2. The Bertz CT molecular complexity index is 917. The highest BCUT2D eigenvalue weighted by Gasteiger charge is 2.06. The lowest BCUT2D eigenvalue weighted by Gasteiger charge is -2.10. The van der Waals surface area contributed by atoms with Crippen LogP contribution in [0.4, 0.5) is 23.1 Å². The van der Waals surface area contributed by atoms with Gasteiger partial charge in [0.1, 0.15) is 5.82 Å². The first-order valence-electron chi connectivity index (χ1n) is 7.17. The molecular weight excluding hydrogens is 363 g/mol. The average molecular weight is 375 g/mol. The number of benzene rings is 2. The van der Waals surface area contributed by atoms with Crippen LogP contribution in [0.15, 0.2) is 54.7 Å². The normalized spacial score (nSPS) is 10.3. The summed E-state index contributed by atoms with van der Waals surface area (Å²) in [5.74, 6) is -0.0676. The number of carboxylic acids is 1. The molecule has 3 N–H and O–H groups in total. The number of aromatic carboxylic acids is 1. The second-order valence-corrected chi connectivity index (χ2v) is 5.87. The zero-order chi connectivity index (χ0) is 17.8. The summed E-state index contributed by atoms with van der Waals surface area (Å²) in [4.78, 5) is 19.4. The summed E-state index contributed by atoms with van der Waals surface area (Å²) in [7, 11) is 0. The fourth-order valence-electron chi connectivity index (χ4n) is 2.04. The Balaban J connectivity index is 1.76. The molecule has 0 spiro atoms. The van der Waals surface area contributed by atoms with Crippen LogP contribution in [0.2, 0.25) is 10.0 Å². The molecule has 0 bridgehead atoms. The molecule has 8 heteroatoms. The first-order chi connectivity index (χ1) is 12.0. The summed E-state index contributed by atoms with van der Waals surface area (Å²) in [5.41, 5.74) is 1.56. The summed E-state index contributed by atoms with van der Waals surface area (Å²) < 4.78 is 0. The predicted molar refractivity (Wildman–Crippen MR) is 98.5 cm³/mol. The van der Waals surface area contributed by atoms with Crippen molar-refractivity contribution in [1.82, 2.24) is 9.97 Å². The monoisotopic (exact) mass is 374 g/mol. The van der Waals surface area contributed by atoms with E-state index in [-0.39, 0.29) is 5.56 Å². The van der Waals surface area contributed by atoms with Crippen molar-refractivity contribution in [3.05, 3.63) is 70.3 Å². The lowest BCUT2D eigenvalue weighted by Crippen LogP contribution is -2.01. The minimum absolute atomic E-state index is 0.216. The van der Waals surface area contributed by atoms with Crippen LogP contribution in [-0.4, -0.2) is 21.0 Å². The maximum atomic E-state index is 10.9. The highest BCUT2D eigenvalue weighted by molar-refractivity contribution is 6.36. The van der Waals surface area contributed by atoms with Gasteiger partial charge >= 0.3 is 5.97 Å². The van der Waals surface area contributed by atoms with Crippen molar-refractivity contribution in [2.45, 2.75) is 0 Å². The number of nitrogens with one attached hydrogen (secondary N) is 2. The zero-order valence-corrected chi connectivity index (χ0v) is 14.2. The highest BCUT2D eigenvalue weighted by Crippen LogP contribution is 2.27. The number of carbonyl (C=O) groups is 1. The molecule has 0 aliphatic heterocycles. The second kappa shape index (κ2) is 7.38. The van der Waals surface area contributed by atoms with Crippen LogP contribution < -0.4 is 10.6 Å². The number of anilines is 4. The van der Waals surface area contributed by atoms with Gasteiger partial charge in [0, 0.05) is 16.9 Å². The summed E-state index contributed by atoms with van der Waals surface area (Å²) in [5, 5.41) is 16.0. The van der Waals surface area contributed by atoms with E-state index in [1.54, 1.807) is 42.6 Å². The molecule has 126 valence electrons. The molecule has 3 aromatic rings. The van der Waals surface area contributed by atoms with E-state index in [0.717, 1.165) is 0 Å². The van der Waals surface area contributed by atoms with Gasteiger partial charge in [-0.1, -0.05) is 23.2 Å². The fourth-order valence-corrected chi connectivity index (χ4v) is 2.50. The van der Waals surface area contributed by atoms with Crippen molar-refractivity contribution in [2.24, 2.45) is 0 Å². The maximum absolute atomic E-state index is 10.9. The number of carboxylic acid groups (broad SMARTS) is 1. The molecule has 6 nitrogen and oxygen atoms in total. The summed E-state index contributed by atoms with van der Waals surface area (Å²) in [6.07, 6.45) is 1.59. The van der Waals surface area contributed by atoms with Gasteiger partial charge in [0.25, 0.3) is 0 Å². The van der Waals surface area contributed by atoms with Gasteiger partial charge < -0.3 is 15.7 Å². The van der Waals surface area contributed by atoms with E-state index in [0.29, 0.717) is 33.2 Å². The highest BCUT2D eigenvalue weighted by atomic mass is 35.5. The van der Waals surface area contributed by atoms with E-state index in [1.807, 2.05) is 0 Å². The van der Waals surface area contributed by atoms with Crippen LogP contribution in [0, 0.1) is 0 Å². The number of hydrogen-bond donors (Lipinski definition) is 3. The lowest BCUT2D eigenvalue weighted by molar-refractivity contribution is 0.0697. The second-order valence-electron chi connectivity index (χ2n) is 5.02. The third-order valence-electron chi connectivity index (χ3n) is 3.24. The summed E-state index contributed by atoms with van der Waals surface area (Å²) in [6, 6.07) is 13.1. The van der Waals surface area contributed by atoms with E-state index in [9.17, 15) is 4.79 Å². The van der Waals surface area contributed by atoms with Crippen molar-refractivity contribution in [3.63, 3.8) is 0 Å². The van der Waals surface area contributed by atoms with Gasteiger partial charge in [0.05, 0.1) is 16.3 Å². The van der Waals surface area contributed by atoms with Gasteiger partial charge in [-0.15, -0.1) is 0 Å². The molecular formula is C17H12Cl2N4O2. The number of halogens is 2. The van der Waals surface area contributed by atoms with Crippen molar-refractivity contribution in [2.75, 3.05) is 10.6 Å². The molecule has 0 aliphatic rings. The van der Waals surface area contributed by atoms with Crippen molar-refractivity contribution >= 4 is 52.3 Å². The Morgan fingerprint density at radius 3 is 2.44 bits per heavy atom. The Kier molecular flexibility index (Phi) is 5.02. The molecule has 0 aliphatic carbocycles. The van der Waals surface area contributed by atoms with E-state index < -0.39 is 5.97 Å². The lowest BCUT2D eigenvalue weighted by atomic mass is 10.2. The third kappa shape index (κ3) is 4.37. The summed E-state index contributed by atoms with van der Waals surface area (Å²) in [6.45, 7) is 0. The van der Waals surface area contributed by atoms with E-state index in [2.05, 4.69) is 20.6 Å². The van der Waals surface area contributed by atoms with E-state index in [1.165, 1.54) is 12.1 Å². The molecule has 1 heterocycles. The van der Waals surface area contributed by atoms with E-state index >= 15 is 0 Å². The zero-order valence-electron chi connectivity index (χ0n) is 12.7.